The minimum absolute atomic E-state index is 0.194. The van der Waals surface area contributed by atoms with Crippen molar-refractivity contribution >= 4 is 23.2 Å². The molecule has 1 fully saturated rings. The van der Waals surface area contributed by atoms with Gasteiger partial charge < -0.3 is 4.74 Å². The molecule has 0 heterocycles. The van der Waals surface area contributed by atoms with Gasteiger partial charge in [0.25, 0.3) is 0 Å². The van der Waals surface area contributed by atoms with Crippen LogP contribution in [-0.4, -0.2) is 18.6 Å². The Hall–Kier alpha value is 0.540. The maximum absolute atomic E-state index is 5.11. The van der Waals surface area contributed by atoms with E-state index in [1.165, 1.54) is 25.7 Å². The molecule has 0 unspecified atom stereocenters. The van der Waals surface area contributed by atoms with Gasteiger partial charge in [0.2, 0.25) is 0 Å². The van der Waals surface area contributed by atoms with Crippen molar-refractivity contribution in [3.05, 3.63) is 0 Å². The third-order valence-corrected chi connectivity index (χ3v) is 1.64. The van der Waals surface area contributed by atoms with Gasteiger partial charge in [-0.1, -0.05) is 12.8 Å². The Bertz CT molecular complexity index is 62.6. The van der Waals surface area contributed by atoms with E-state index in [0.29, 0.717) is 6.10 Å². The quantitative estimate of drug-likeness (QED) is 0.570. The molecule has 10 heavy (non-hydrogen) atoms. The molecule has 1 aliphatic carbocycles. The molecule has 0 amide bonds. The van der Waals surface area contributed by atoms with Crippen LogP contribution < -0.4 is 0 Å². The highest BCUT2D eigenvalue weighted by Gasteiger charge is 2.12. The SMILES string of the molecule is COC1CCCC1.ClCCl. The van der Waals surface area contributed by atoms with Crippen molar-refractivity contribution < 1.29 is 4.74 Å². The van der Waals surface area contributed by atoms with Gasteiger partial charge in [-0.3, -0.25) is 0 Å². The topological polar surface area (TPSA) is 9.23 Å². The van der Waals surface area contributed by atoms with Gasteiger partial charge in [-0.2, -0.15) is 0 Å². The number of alkyl halides is 2. The zero-order chi connectivity index (χ0) is 7.82. The van der Waals surface area contributed by atoms with Gasteiger partial charge in [-0.15, -0.1) is 23.2 Å². The summed E-state index contributed by atoms with van der Waals surface area (Å²) in [7, 11) is 1.80. The summed E-state index contributed by atoms with van der Waals surface area (Å²) in [5, 5.41) is 0.194. The monoisotopic (exact) mass is 184 g/mol. The van der Waals surface area contributed by atoms with Crippen LogP contribution in [0.25, 0.3) is 0 Å². The lowest BCUT2D eigenvalue weighted by atomic mass is 10.3. The van der Waals surface area contributed by atoms with Gasteiger partial charge in [0, 0.05) is 7.11 Å². The second kappa shape index (κ2) is 7.64. The molecular formula is C7H14Cl2O. The smallest absolute Gasteiger partial charge is 0.0967 e. The molecule has 0 aromatic carbocycles. The summed E-state index contributed by atoms with van der Waals surface area (Å²) < 4.78 is 5.11. The number of hydrogen-bond acceptors (Lipinski definition) is 1. The maximum atomic E-state index is 5.11. The third kappa shape index (κ3) is 5.33. The van der Waals surface area contributed by atoms with E-state index in [2.05, 4.69) is 0 Å². The molecule has 1 rings (SSSR count). The highest BCUT2D eigenvalue weighted by atomic mass is 35.5. The fraction of sp³-hybridized carbons (Fsp3) is 1.00. The van der Waals surface area contributed by atoms with E-state index in [4.69, 9.17) is 27.9 Å². The van der Waals surface area contributed by atoms with E-state index in [0.717, 1.165) is 0 Å². The van der Waals surface area contributed by atoms with Gasteiger partial charge in [0.15, 0.2) is 0 Å². The number of methoxy groups -OCH3 is 1. The number of hydrogen-bond donors (Lipinski definition) is 0. The lowest BCUT2D eigenvalue weighted by Gasteiger charge is -2.02. The van der Waals surface area contributed by atoms with Crippen molar-refractivity contribution in [2.24, 2.45) is 0 Å². The summed E-state index contributed by atoms with van der Waals surface area (Å²) in [5.74, 6) is 0. The van der Waals surface area contributed by atoms with Crippen LogP contribution in [0.1, 0.15) is 25.7 Å². The second-order valence-electron chi connectivity index (χ2n) is 2.24. The van der Waals surface area contributed by atoms with E-state index in [9.17, 15) is 0 Å². The molecule has 3 heteroatoms. The highest BCUT2D eigenvalue weighted by Crippen LogP contribution is 2.19. The van der Waals surface area contributed by atoms with Crippen molar-refractivity contribution in [3.8, 4) is 0 Å². The van der Waals surface area contributed by atoms with Crippen LogP contribution in [0.2, 0.25) is 0 Å². The third-order valence-electron chi connectivity index (χ3n) is 1.64. The van der Waals surface area contributed by atoms with E-state index in [1.807, 2.05) is 0 Å². The largest absolute Gasteiger partial charge is 0.381 e. The Labute approximate surface area is 72.6 Å². The van der Waals surface area contributed by atoms with Gasteiger partial charge >= 0.3 is 0 Å². The summed E-state index contributed by atoms with van der Waals surface area (Å²) in [6, 6.07) is 0. The van der Waals surface area contributed by atoms with Gasteiger partial charge in [0.05, 0.1) is 11.4 Å². The molecule has 1 nitrogen and oxygen atoms in total. The lowest BCUT2D eigenvalue weighted by molar-refractivity contribution is 0.109. The Kier molecular flexibility index (Phi) is 8.06. The van der Waals surface area contributed by atoms with Crippen LogP contribution in [0.15, 0.2) is 0 Å². The Morgan fingerprint density at radius 2 is 1.70 bits per heavy atom. The van der Waals surface area contributed by atoms with E-state index >= 15 is 0 Å². The number of rotatable bonds is 1. The predicted octanol–water partition coefficient (Wildman–Crippen LogP) is 3.00. The second-order valence-corrected chi connectivity index (χ2v) is 3.05. The fourth-order valence-corrected chi connectivity index (χ4v) is 1.12. The van der Waals surface area contributed by atoms with Crippen molar-refractivity contribution in [1.29, 1.82) is 0 Å². The molecule has 0 aromatic heterocycles. The molecule has 0 radical (unpaired) electrons. The van der Waals surface area contributed by atoms with E-state index < -0.39 is 0 Å². The Morgan fingerprint density at radius 1 is 1.30 bits per heavy atom. The summed E-state index contributed by atoms with van der Waals surface area (Å²) >= 11 is 9.53. The maximum Gasteiger partial charge on any atom is 0.0967 e. The van der Waals surface area contributed by atoms with Crippen LogP contribution in [-0.2, 0) is 4.74 Å². The Balaban J connectivity index is 0.000000236. The van der Waals surface area contributed by atoms with Crippen molar-refractivity contribution in [2.75, 3.05) is 12.4 Å². The standard InChI is InChI=1S/C6H12O.CH2Cl2/c1-7-6-4-2-3-5-6;2-1-3/h6H,2-5H2,1H3;1H2. The molecule has 1 saturated carbocycles. The molecular weight excluding hydrogens is 171 g/mol. The minimum atomic E-state index is 0.194. The Morgan fingerprint density at radius 3 is 1.90 bits per heavy atom. The van der Waals surface area contributed by atoms with Crippen LogP contribution in [0.3, 0.4) is 0 Å². The molecule has 0 saturated heterocycles. The van der Waals surface area contributed by atoms with E-state index in [1.54, 1.807) is 7.11 Å². The normalized spacial score (nSPS) is 18.3. The molecule has 0 spiro atoms. The lowest BCUT2D eigenvalue weighted by Crippen LogP contribution is -2.01. The predicted molar refractivity (Wildman–Crippen MR) is 45.8 cm³/mol. The van der Waals surface area contributed by atoms with Crippen molar-refractivity contribution in [1.82, 2.24) is 0 Å². The van der Waals surface area contributed by atoms with Crippen LogP contribution in [0.5, 0.6) is 0 Å². The number of ether oxygens (including phenoxy) is 1. The summed E-state index contributed by atoms with van der Waals surface area (Å²) in [6.45, 7) is 0. The fourth-order valence-electron chi connectivity index (χ4n) is 1.12. The average Bonchev–Trinajstić information content (AvgIpc) is 2.39. The zero-order valence-electron chi connectivity index (χ0n) is 6.28. The number of halogens is 2. The van der Waals surface area contributed by atoms with Crippen LogP contribution >= 0.6 is 23.2 Å². The van der Waals surface area contributed by atoms with Crippen molar-refractivity contribution in [3.63, 3.8) is 0 Å². The van der Waals surface area contributed by atoms with Crippen molar-refractivity contribution in [2.45, 2.75) is 31.8 Å². The molecule has 1 aliphatic rings. The average molecular weight is 185 g/mol. The van der Waals surface area contributed by atoms with Gasteiger partial charge in [0.1, 0.15) is 0 Å². The first kappa shape index (κ1) is 10.5. The molecule has 0 N–H and O–H groups in total. The van der Waals surface area contributed by atoms with E-state index in [-0.39, 0.29) is 5.34 Å². The first-order valence-electron chi connectivity index (χ1n) is 3.49. The first-order valence-corrected chi connectivity index (χ1v) is 4.56. The summed E-state index contributed by atoms with van der Waals surface area (Å²) in [4.78, 5) is 0. The van der Waals surface area contributed by atoms with Gasteiger partial charge in [-0.25, -0.2) is 0 Å². The van der Waals surface area contributed by atoms with Crippen LogP contribution in [0, 0.1) is 0 Å². The van der Waals surface area contributed by atoms with Crippen LogP contribution in [0.4, 0.5) is 0 Å². The summed E-state index contributed by atoms with van der Waals surface area (Å²) in [6.07, 6.45) is 5.92. The minimum Gasteiger partial charge on any atom is -0.381 e. The first-order chi connectivity index (χ1) is 4.85. The molecule has 0 atom stereocenters. The zero-order valence-corrected chi connectivity index (χ0v) is 7.79. The highest BCUT2D eigenvalue weighted by molar-refractivity contribution is 6.40. The molecule has 0 bridgehead atoms. The van der Waals surface area contributed by atoms with Gasteiger partial charge in [-0.05, 0) is 12.8 Å². The molecule has 0 aliphatic heterocycles. The molecule has 62 valence electrons. The molecule has 0 aromatic rings. The summed E-state index contributed by atoms with van der Waals surface area (Å²) in [5.41, 5.74) is 0.